The molecule has 0 fully saturated rings. The van der Waals surface area contributed by atoms with Crippen LogP contribution in [-0.2, 0) is 9.53 Å². The second-order valence-electron chi connectivity index (χ2n) is 5.70. The van der Waals surface area contributed by atoms with Crippen molar-refractivity contribution in [2.24, 2.45) is 0 Å². The molecule has 130 valence electrons. The molecule has 0 spiro atoms. The van der Waals surface area contributed by atoms with E-state index in [0.717, 1.165) is 11.1 Å². The molecule has 1 N–H and O–H groups in total. The molecule has 0 aromatic heterocycles. The first-order chi connectivity index (χ1) is 11.8. The van der Waals surface area contributed by atoms with Gasteiger partial charge in [0.15, 0.2) is 6.61 Å². The number of nitrogens with zero attached hydrogens (tertiary/aromatic N) is 1. The standard InChI is InChI=1S/C18H18N2O5/c1-11-4-5-12(2)15(8-11)19-17(21)10-25-18(22)14-6-7-16(20(23)24)13(3)9-14/h4-9H,10H2,1-3H3,(H,19,21). The van der Waals surface area contributed by atoms with Crippen LogP contribution in [0.2, 0.25) is 0 Å². The van der Waals surface area contributed by atoms with Crippen molar-refractivity contribution in [3.8, 4) is 0 Å². The summed E-state index contributed by atoms with van der Waals surface area (Å²) in [6.45, 7) is 4.86. The van der Waals surface area contributed by atoms with Crippen molar-refractivity contribution >= 4 is 23.3 Å². The van der Waals surface area contributed by atoms with Crippen molar-refractivity contribution in [2.75, 3.05) is 11.9 Å². The number of carbonyl (C=O) groups is 2. The fraction of sp³-hybridized carbons (Fsp3) is 0.222. The Hall–Kier alpha value is -3.22. The molecule has 0 aliphatic heterocycles. The normalized spacial score (nSPS) is 10.2. The monoisotopic (exact) mass is 342 g/mol. The van der Waals surface area contributed by atoms with Gasteiger partial charge in [-0.25, -0.2) is 4.79 Å². The highest BCUT2D eigenvalue weighted by Gasteiger charge is 2.16. The number of hydrogen-bond acceptors (Lipinski definition) is 5. The topological polar surface area (TPSA) is 98.5 Å². The number of esters is 1. The first-order valence-corrected chi connectivity index (χ1v) is 7.57. The number of hydrogen-bond donors (Lipinski definition) is 1. The fourth-order valence-corrected chi connectivity index (χ4v) is 2.26. The van der Waals surface area contributed by atoms with E-state index in [0.29, 0.717) is 11.3 Å². The van der Waals surface area contributed by atoms with Crippen LogP contribution in [0.4, 0.5) is 11.4 Å². The van der Waals surface area contributed by atoms with E-state index in [9.17, 15) is 19.7 Å². The number of nitrogens with one attached hydrogen (secondary N) is 1. The summed E-state index contributed by atoms with van der Waals surface area (Å²) >= 11 is 0. The number of anilines is 1. The van der Waals surface area contributed by atoms with Gasteiger partial charge in [-0.15, -0.1) is 0 Å². The number of ether oxygens (including phenoxy) is 1. The molecular formula is C18H18N2O5. The second kappa shape index (κ2) is 7.57. The summed E-state index contributed by atoms with van der Waals surface area (Å²) in [6.07, 6.45) is 0. The molecule has 2 aromatic carbocycles. The third-order valence-corrected chi connectivity index (χ3v) is 3.63. The Bertz CT molecular complexity index is 845. The summed E-state index contributed by atoms with van der Waals surface area (Å²) in [4.78, 5) is 34.2. The molecule has 0 saturated heterocycles. The van der Waals surface area contributed by atoms with Crippen LogP contribution in [0.5, 0.6) is 0 Å². The number of rotatable bonds is 5. The molecule has 0 radical (unpaired) electrons. The number of aryl methyl sites for hydroxylation is 3. The largest absolute Gasteiger partial charge is 0.452 e. The third-order valence-electron chi connectivity index (χ3n) is 3.63. The maximum atomic E-state index is 12.0. The van der Waals surface area contributed by atoms with Gasteiger partial charge in [0, 0.05) is 17.3 Å². The van der Waals surface area contributed by atoms with Gasteiger partial charge in [-0.3, -0.25) is 14.9 Å². The summed E-state index contributed by atoms with van der Waals surface area (Å²) in [5.74, 6) is -1.17. The second-order valence-corrected chi connectivity index (χ2v) is 5.70. The van der Waals surface area contributed by atoms with Gasteiger partial charge in [-0.2, -0.15) is 0 Å². The molecular weight excluding hydrogens is 324 g/mol. The molecule has 0 atom stereocenters. The SMILES string of the molecule is Cc1ccc(C)c(NC(=O)COC(=O)c2ccc([N+](=O)[O-])c(C)c2)c1. The van der Waals surface area contributed by atoms with Crippen molar-refractivity contribution < 1.29 is 19.2 Å². The lowest BCUT2D eigenvalue weighted by molar-refractivity contribution is -0.385. The van der Waals surface area contributed by atoms with E-state index in [1.54, 1.807) is 0 Å². The molecule has 25 heavy (non-hydrogen) atoms. The van der Waals surface area contributed by atoms with Crippen LogP contribution in [0.15, 0.2) is 36.4 Å². The number of carbonyl (C=O) groups excluding carboxylic acids is 2. The van der Waals surface area contributed by atoms with Gasteiger partial charge in [0.25, 0.3) is 11.6 Å². The van der Waals surface area contributed by atoms with E-state index >= 15 is 0 Å². The molecule has 0 aliphatic carbocycles. The average molecular weight is 342 g/mol. The molecule has 0 aliphatic rings. The lowest BCUT2D eigenvalue weighted by Gasteiger charge is -2.10. The summed E-state index contributed by atoms with van der Waals surface area (Å²) in [5.41, 5.74) is 2.98. The Morgan fingerprint density at radius 3 is 2.44 bits per heavy atom. The van der Waals surface area contributed by atoms with Crippen molar-refractivity contribution in [3.05, 3.63) is 68.8 Å². The first kappa shape index (κ1) is 18.1. The maximum absolute atomic E-state index is 12.0. The maximum Gasteiger partial charge on any atom is 0.338 e. The smallest absolute Gasteiger partial charge is 0.338 e. The van der Waals surface area contributed by atoms with E-state index < -0.39 is 23.4 Å². The highest BCUT2D eigenvalue weighted by Crippen LogP contribution is 2.19. The lowest BCUT2D eigenvalue weighted by Crippen LogP contribution is -2.21. The molecule has 0 bridgehead atoms. The van der Waals surface area contributed by atoms with Gasteiger partial charge in [-0.1, -0.05) is 12.1 Å². The zero-order chi connectivity index (χ0) is 18.6. The van der Waals surface area contributed by atoms with Crippen LogP contribution in [0.3, 0.4) is 0 Å². The van der Waals surface area contributed by atoms with Crippen molar-refractivity contribution in [1.82, 2.24) is 0 Å². The van der Waals surface area contributed by atoms with E-state index in [2.05, 4.69) is 5.32 Å². The van der Waals surface area contributed by atoms with E-state index in [4.69, 9.17) is 4.74 Å². The third kappa shape index (κ3) is 4.63. The van der Waals surface area contributed by atoms with Crippen molar-refractivity contribution in [3.63, 3.8) is 0 Å². The Morgan fingerprint density at radius 1 is 1.08 bits per heavy atom. The van der Waals surface area contributed by atoms with Crippen LogP contribution in [0.25, 0.3) is 0 Å². The summed E-state index contributed by atoms with van der Waals surface area (Å²) in [5, 5.41) is 13.5. The zero-order valence-electron chi connectivity index (χ0n) is 14.2. The molecule has 0 saturated carbocycles. The van der Waals surface area contributed by atoms with Crippen LogP contribution >= 0.6 is 0 Å². The van der Waals surface area contributed by atoms with E-state index in [1.807, 2.05) is 32.0 Å². The van der Waals surface area contributed by atoms with Crippen molar-refractivity contribution in [1.29, 1.82) is 0 Å². The van der Waals surface area contributed by atoms with E-state index in [-0.39, 0.29) is 11.3 Å². The Balaban J connectivity index is 1.97. The first-order valence-electron chi connectivity index (χ1n) is 7.57. The minimum Gasteiger partial charge on any atom is -0.452 e. The van der Waals surface area contributed by atoms with Gasteiger partial charge < -0.3 is 10.1 Å². The van der Waals surface area contributed by atoms with Gasteiger partial charge >= 0.3 is 5.97 Å². The predicted molar refractivity (Wildman–Crippen MR) is 92.7 cm³/mol. The highest BCUT2D eigenvalue weighted by atomic mass is 16.6. The molecule has 0 heterocycles. The predicted octanol–water partition coefficient (Wildman–Crippen LogP) is 3.32. The van der Waals surface area contributed by atoms with Crippen LogP contribution in [0.1, 0.15) is 27.0 Å². The van der Waals surface area contributed by atoms with Crippen LogP contribution < -0.4 is 5.32 Å². The lowest BCUT2D eigenvalue weighted by atomic mass is 10.1. The van der Waals surface area contributed by atoms with Gasteiger partial charge in [0.05, 0.1) is 10.5 Å². The van der Waals surface area contributed by atoms with Crippen LogP contribution in [0, 0.1) is 30.9 Å². The molecule has 2 rings (SSSR count). The molecule has 2 aromatic rings. The quantitative estimate of drug-likeness (QED) is 0.510. The molecule has 1 amide bonds. The van der Waals surface area contributed by atoms with Crippen molar-refractivity contribution in [2.45, 2.75) is 20.8 Å². The fourth-order valence-electron chi connectivity index (χ4n) is 2.26. The number of amides is 1. The number of nitro benzene ring substituents is 1. The van der Waals surface area contributed by atoms with Gasteiger partial charge in [-0.05, 0) is 50.1 Å². The average Bonchev–Trinajstić information content (AvgIpc) is 2.55. The number of benzene rings is 2. The minimum atomic E-state index is -0.714. The number of nitro groups is 1. The Morgan fingerprint density at radius 2 is 1.80 bits per heavy atom. The zero-order valence-corrected chi connectivity index (χ0v) is 14.2. The minimum absolute atomic E-state index is 0.0794. The van der Waals surface area contributed by atoms with E-state index in [1.165, 1.54) is 25.1 Å². The van der Waals surface area contributed by atoms with Crippen LogP contribution in [-0.4, -0.2) is 23.4 Å². The summed E-state index contributed by atoms with van der Waals surface area (Å²) < 4.78 is 4.97. The Labute approximate surface area is 144 Å². The Kier molecular flexibility index (Phi) is 5.49. The summed E-state index contributed by atoms with van der Waals surface area (Å²) in [7, 11) is 0. The summed E-state index contributed by atoms with van der Waals surface area (Å²) in [6, 6.07) is 9.55. The highest BCUT2D eigenvalue weighted by molar-refractivity contribution is 5.96. The molecule has 0 unspecified atom stereocenters. The molecule has 7 heteroatoms. The van der Waals surface area contributed by atoms with Gasteiger partial charge in [0.1, 0.15) is 0 Å². The molecule has 7 nitrogen and oxygen atoms in total. The van der Waals surface area contributed by atoms with Gasteiger partial charge in [0.2, 0.25) is 0 Å².